The average molecular weight is 281 g/mol. The van der Waals surface area contributed by atoms with E-state index in [1.54, 1.807) is 6.07 Å². The van der Waals surface area contributed by atoms with E-state index >= 15 is 0 Å². The van der Waals surface area contributed by atoms with Crippen molar-refractivity contribution in [2.75, 3.05) is 11.4 Å². The summed E-state index contributed by atoms with van der Waals surface area (Å²) in [5.74, 6) is 0.408. The first-order valence-electron chi connectivity index (χ1n) is 7.93. The number of para-hydroxylation sites is 2. The van der Waals surface area contributed by atoms with Gasteiger partial charge in [-0.05, 0) is 43.4 Å². The second-order valence-electron chi connectivity index (χ2n) is 5.76. The molecular weight excluding hydrogens is 258 g/mol. The molecule has 1 aliphatic heterocycles. The molecule has 1 atom stereocenters. The van der Waals surface area contributed by atoms with Crippen molar-refractivity contribution in [3.05, 3.63) is 59.7 Å². The highest BCUT2D eigenvalue weighted by Gasteiger charge is 2.24. The quantitative estimate of drug-likeness (QED) is 0.882. The van der Waals surface area contributed by atoms with E-state index in [-0.39, 0.29) is 6.04 Å². The zero-order valence-corrected chi connectivity index (χ0v) is 12.6. The van der Waals surface area contributed by atoms with Crippen LogP contribution in [0.25, 0.3) is 0 Å². The van der Waals surface area contributed by atoms with Gasteiger partial charge in [-0.2, -0.15) is 0 Å². The van der Waals surface area contributed by atoms with Crippen molar-refractivity contribution in [1.29, 1.82) is 0 Å². The molecule has 2 aromatic carbocycles. The van der Waals surface area contributed by atoms with Crippen LogP contribution in [0.2, 0.25) is 0 Å². The zero-order valence-electron chi connectivity index (χ0n) is 12.6. The van der Waals surface area contributed by atoms with Crippen LogP contribution in [-0.4, -0.2) is 11.7 Å². The topological polar surface area (TPSA) is 23.5 Å². The Morgan fingerprint density at radius 1 is 1.05 bits per heavy atom. The molecule has 0 fully saturated rings. The molecule has 2 aromatic rings. The van der Waals surface area contributed by atoms with Crippen LogP contribution in [0.5, 0.6) is 5.75 Å². The fourth-order valence-electron chi connectivity index (χ4n) is 3.42. The van der Waals surface area contributed by atoms with Gasteiger partial charge in [-0.1, -0.05) is 43.3 Å². The van der Waals surface area contributed by atoms with E-state index in [1.807, 2.05) is 12.1 Å². The Hall–Kier alpha value is -1.96. The van der Waals surface area contributed by atoms with E-state index in [0.717, 1.165) is 24.9 Å². The molecule has 0 aliphatic carbocycles. The number of phenolic OH excluding ortho intramolecular Hbond substituents is 1. The Morgan fingerprint density at radius 2 is 1.81 bits per heavy atom. The number of aryl methyl sites for hydroxylation is 1. The van der Waals surface area contributed by atoms with Gasteiger partial charge in [-0.3, -0.25) is 0 Å². The monoisotopic (exact) mass is 281 g/mol. The van der Waals surface area contributed by atoms with Crippen LogP contribution >= 0.6 is 0 Å². The molecule has 1 unspecified atom stereocenters. The number of phenols is 1. The third-order valence-electron chi connectivity index (χ3n) is 4.45. The highest BCUT2D eigenvalue weighted by Crippen LogP contribution is 2.37. The van der Waals surface area contributed by atoms with E-state index < -0.39 is 0 Å². The molecule has 110 valence electrons. The molecule has 0 amide bonds. The predicted molar refractivity (Wildman–Crippen MR) is 87.9 cm³/mol. The summed E-state index contributed by atoms with van der Waals surface area (Å²) >= 11 is 0. The molecule has 2 nitrogen and oxygen atoms in total. The summed E-state index contributed by atoms with van der Waals surface area (Å²) < 4.78 is 0. The summed E-state index contributed by atoms with van der Waals surface area (Å²) in [7, 11) is 0. The molecule has 0 aromatic heterocycles. The van der Waals surface area contributed by atoms with Crippen LogP contribution in [0.4, 0.5) is 5.69 Å². The first kappa shape index (κ1) is 14.0. The van der Waals surface area contributed by atoms with Gasteiger partial charge in [-0.25, -0.2) is 0 Å². The third kappa shape index (κ3) is 2.76. The average Bonchev–Trinajstić information content (AvgIpc) is 2.73. The van der Waals surface area contributed by atoms with Crippen LogP contribution in [0.1, 0.15) is 43.4 Å². The molecule has 0 radical (unpaired) electrons. The van der Waals surface area contributed by atoms with Crippen molar-refractivity contribution in [3.8, 4) is 5.75 Å². The number of aromatic hydroxyl groups is 1. The molecule has 3 rings (SSSR count). The number of anilines is 1. The molecule has 1 heterocycles. The number of benzene rings is 2. The first-order valence-corrected chi connectivity index (χ1v) is 7.93. The van der Waals surface area contributed by atoms with Crippen molar-refractivity contribution < 1.29 is 5.11 Å². The Kier molecular flexibility index (Phi) is 4.14. The third-order valence-corrected chi connectivity index (χ3v) is 4.45. The number of fused-ring (bicyclic) bond motifs is 1. The Bertz CT molecular complexity index is 608. The predicted octanol–water partition coefficient (Wildman–Crippen LogP) is 4.69. The molecule has 0 bridgehead atoms. The standard InChI is InChI=1S/C19H23NO/c1-2-17(16-11-4-6-13-19(16)21)20-14-8-7-10-15-9-3-5-12-18(15)20/h3-6,9,11-13,17,21H,2,7-8,10,14H2,1H3. The van der Waals surface area contributed by atoms with Gasteiger partial charge in [0.1, 0.15) is 5.75 Å². The van der Waals surface area contributed by atoms with Crippen molar-refractivity contribution in [2.24, 2.45) is 0 Å². The molecule has 1 aliphatic rings. The fraction of sp³-hybridized carbons (Fsp3) is 0.368. The van der Waals surface area contributed by atoms with Gasteiger partial charge in [0.2, 0.25) is 0 Å². The number of rotatable bonds is 3. The number of hydrogen-bond donors (Lipinski definition) is 1. The van der Waals surface area contributed by atoms with Crippen LogP contribution < -0.4 is 4.90 Å². The van der Waals surface area contributed by atoms with Gasteiger partial charge < -0.3 is 10.0 Å². The smallest absolute Gasteiger partial charge is 0.120 e. The van der Waals surface area contributed by atoms with E-state index in [0.29, 0.717) is 5.75 Å². The van der Waals surface area contributed by atoms with Gasteiger partial charge in [0.25, 0.3) is 0 Å². The van der Waals surface area contributed by atoms with Gasteiger partial charge >= 0.3 is 0 Å². The van der Waals surface area contributed by atoms with Crippen LogP contribution in [0.15, 0.2) is 48.5 Å². The Labute approximate surface area is 127 Å². The fourth-order valence-corrected chi connectivity index (χ4v) is 3.42. The van der Waals surface area contributed by atoms with E-state index in [9.17, 15) is 5.11 Å². The van der Waals surface area contributed by atoms with E-state index in [2.05, 4.69) is 42.2 Å². The molecule has 0 saturated heterocycles. The van der Waals surface area contributed by atoms with Crippen molar-refractivity contribution >= 4 is 5.69 Å². The lowest BCUT2D eigenvalue weighted by Gasteiger charge is -2.34. The maximum Gasteiger partial charge on any atom is 0.120 e. The molecule has 2 heteroatoms. The van der Waals surface area contributed by atoms with Crippen molar-refractivity contribution in [1.82, 2.24) is 0 Å². The summed E-state index contributed by atoms with van der Waals surface area (Å²) in [6.45, 7) is 3.26. The maximum absolute atomic E-state index is 10.2. The minimum absolute atomic E-state index is 0.241. The second-order valence-corrected chi connectivity index (χ2v) is 5.76. The summed E-state index contributed by atoms with van der Waals surface area (Å²) in [4.78, 5) is 2.48. The second kappa shape index (κ2) is 6.21. The molecule has 0 saturated carbocycles. The Morgan fingerprint density at radius 3 is 2.62 bits per heavy atom. The number of nitrogens with zero attached hydrogens (tertiary/aromatic N) is 1. The Balaban J connectivity index is 2.03. The van der Waals surface area contributed by atoms with Gasteiger partial charge in [-0.15, -0.1) is 0 Å². The summed E-state index contributed by atoms with van der Waals surface area (Å²) in [5.41, 5.74) is 3.81. The highest BCUT2D eigenvalue weighted by atomic mass is 16.3. The minimum atomic E-state index is 0.241. The van der Waals surface area contributed by atoms with E-state index in [4.69, 9.17) is 0 Å². The van der Waals surface area contributed by atoms with Gasteiger partial charge in [0, 0.05) is 17.8 Å². The maximum atomic E-state index is 10.2. The molecular formula is C19H23NO. The molecule has 0 spiro atoms. The van der Waals surface area contributed by atoms with Crippen molar-refractivity contribution in [2.45, 2.75) is 38.6 Å². The van der Waals surface area contributed by atoms with Gasteiger partial charge in [0.15, 0.2) is 0 Å². The normalized spacial score (nSPS) is 16.1. The lowest BCUT2D eigenvalue weighted by molar-refractivity contribution is 0.455. The van der Waals surface area contributed by atoms with Crippen LogP contribution in [-0.2, 0) is 6.42 Å². The summed E-state index contributed by atoms with van der Waals surface area (Å²) in [5, 5.41) is 10.2. The van der Waals surface area contributed by atoms with Crippen LogP contribution in [0.3, 0.4) is 0 Å². The van der Waals surface area contributed by atoms with E-state index in [1.165, 1.54) is 24.1 Å². The largest absolute Gasteiger partial charge is 0.508 e. The first-order chi connectivity index (χ1) is 10.3. The summed E-state index contributed by atoms with van der Waals surface area (Å²) in [6.07, 6.45) is 4.60. The lowest BCUT2D eigenvalue weighted by Crippen LogP contribution is -2.29. The highest BCUT2D eigenvalue weighted by molar-refractivity contribution is 5.57. The SMILES string of the molecule is CCC(c1ccccc1O)N1CCCCc2ccccc21. The lowest BCUT2D eigenvalue weighted by atomic mass is 10.00. The number of hydrogen-bond acceptors (Lipinski definition) is 2. The molecule has 21 heavy (non-hydrogen) atoms. The molecule has 1 N–H and O–H groups in total. The zero-order chi connectivity index (χ0) is 14.7. The minimum Gasteiger partial charge on any atom is -0.508 e. The van der Waals surface area contributed by atoms with Crippen LogP contribution in [0, 0.1) is 0 Å². The van der Waals surface area contributed by atoms with Crippen molar-refractivity contribution in [3.63, 3.8) is 0 Å². The summed E-state index contributed by atoms with van der Waals surface area (Å²) in [6, 6.07) is 16.7. The van der Waals surface area contributed by atoms with Gasteiger partial charge in [0.05, 0.1) is 6.04 Å².